The molecule has 1 aliphatic rings. The molecule has 0 saturated heterocycles. The van der Waals surface area contributed by atoms with Crippen molar-refractivity contribution in [1.29, 1.82) is 0 Å². The molecular formula is C23H26N2O4. The number of hydrogen-bond acceptors (Lipinski definition) is 4. The Bertz CT molecular complexity index is 938. The lowest BCUT2D eigenvalue weighted by Crippen LogP contribution is -2.43. The number of hydrogen-bond donors (Lipinski definition) is 1. The molecule has 2 amide bonds. The summed E-state index contributed by atoms with van der Waals surface area (Å²) in [5, 5.41) is 2.54. The lowest BCUT2D eigenvalue weighted by atomic mass is 9.99. The highest BCUT2D eigenvalue weighted by molar-refractivity contribution is 5.96. The van der Waals surface area contributed by atoms with Crippen molar-refractivity contribution in [2.45, 2.75) is 39.8 Å². The molecule has 0 fully saturated rings. The van der Waals surface area contributed by atoms with Gasteiger partial charge in [0.2, 0.25) is 0 Å². The Morgan fingerprint density at radius 3 is 2.52 bits per heavy atom. The zero-order valence-electron chi connectivity index (χ0n) is 17.0. The van der Waals surface area contributed by atoms with Gasteiger partial charge < -0.3 is 15.0 Å². The maximum absolute atomic E-state index is 12.6. The first-order valence-electron chi connectivity index (χ1n) is 9.75. The standard InChI is InChI=1S/C23H26N2O4/c1-15-8-9-19(12-16(15)2)22(27)24-13-21(26)29-17(3)23(28)25-11-10-18-6-4-5-7-20(18)14-25/h4-9,12,17H,10-11,13-14H2,1-3H3,(H,24,27). The van der Waals surface area contributed by atoms with Crippen LogP contribution in [0.2, 0.25) is 0 Å². The average Bonchev–Trinajstić information content (AvgIpc) is 2.73. The van der Waals surface area contributed by atoms with Crippen molar-refractivity contribution in [2.75, 3.05) is 13.1 Å². The zero-order chi connectivity index (χ0) is 21.0. The highest BCUT2D eigenvalue weighted by Gasteiger charge is 2.27. The molecule has 2 aromatic carbocycles. The van der Waals surface area contributed by atoms with Gasteiger partial charge in [0, 0.05) is 18.7 Å². The Balaban J connectivity index is 1.49. The van der Waals surface area contributed by atoms with E-state index in [2.05, 4.69) is 11.4 Å². The monoisotopic (exact) mass is 394 g/mol. The molecule has 0 radical (unpaired) electrons. The molecule has 0 saturated carbocycles. The number of nitrogens with one attached hydrogen (secondary N) is 1. The first kappa shape index (κ1) is 20.6. The van der Waals surface area contributed by atoms with Gasteiger partial charge in [0.05, 0.1) is 0 Å². The smallest absolute Gasteiger partial charge is 0.326 e. The van der Waals surface area contributed by atoms with Crippen LogP contribution in [0.5, 0.6) is 0 Å². The van der Waals surface area contributed by atoms with Crippen molar-refractivity contribution in [1.82, 2.24) is 10.2 Å². The Morgan fingerprint density at radius 2 is 1.79 bits per heavy atom. The lowest BCUT2D eigenvalue weighted by Gasteiger charge is -2.30. The van der Waals surface area contributed by atoms with E-state index in [-0.39, 0.29) is 18.4 Å². The molecule has 152 valence electrons. The molecule has 1 atom stereocenters. The number of nitrogens with zero attached hydrogens (tertiary/aromatic N) is 1. The van der Waals surface area contributed by atoms with Crippen LogP contribution in [0.25, 0.3) is 0 Å². The van der Waals surface area contributed by atoms with Gasteiger partial charge in [0.15, 0.2) is 6.10 Å². The number of aryl methyl sites for hydroxylation is 2. The van der Waals surface area contributed by atoms with Crippen molar-refractivity contribution < 1.29 is 19.1 Å². The van der Waals surface area contributed by atoms with E-state index in [1.54, 1.807) is 24.0 Å². The second-order valence-electron chi connectivity index (χ2n) is 7.39. The quantitative estimate of drug-likeness (QED) is 0.791. The number of ether oxygens (including phenoxy) is 1. The molecule has 0 aromatic heterocycles. The van der Waals surface area contributed by atoms with Gasteiger partial charge in [-0.3, -0.25) is 14.4 Å². The summed E-state index contributed by atoms with van der Waals surface area (Å²) in [6, 6.07) is 13.4. The highest BCUT2D eigenvalue weighted by Crippen LogP contribution is 2.19. The van der Waals surface area contributed by atoms with E-state index in [9.17, 15) is 14.4 Å². The van der Waals surface area contributed by atoms with Gasteiger partial charge in [0.1, 0.15) is 6.54 Å². The zero-order valence-corrected chi connectivity index (χ0v) is 17.0. The summed E-state index contributed by atoms with van der Waals surface area (Å²) in [5.41, 5.74) is 4.94. The van der Waals surface area contributed by atoms with Crippen LogP contribution < -0.4 is 5.32 Å². The van der Waals surface area contributed by atoms with Gasteiger partial charge in [-0.25, -0.2) is 0 Å². The van der Waals surface area contributed by atoms with E-state index >= 15 is 0 Å². The summed E-state index contributed by atoms with van der Waals surface area (Å²) >= 11 is 0. The highest BCUT2D eigenvalue weighted by atomic mass is 16.5. The molecule has 29 heavy (non-hydrogen) atoms. The van der Waals surface area contributed by atoms with Crippen LogP contribution in [-0.4, -0.2) is 41.9 Å². The van der Waals surface area contributed by atoms with Crippen molar-refractivity contribution in [2.24, 2.45) is 0 Å². The second kappa shape index (κ2) is 8.90. The molecular weight excluding hydrogens is 368 g/mol. The predicted octanol–water partition coefficient (Wildman–Crippen LogP) is 2.55. The average molecular weight is 394 g/mol. The summed E-state index contributed by atoms with van der Waals surface area (Å²) in [6.45, 7) is 6.28. The van der Waals surface area contributed by atoms with E-state index in [1.165, 1.54) is 5.56 Å². The van der Waals surface area contributed by atoms with E-state index in [0.717, 1.165) is 23.1 Å². The number of fused-ring (bicyclic) bond motifs is 1. The van der Waals surface area contributed by atoms with Gasteiger partial charge in [-0.2, -0.15) is 0 Å². The summed E-state index contributed by atoms with van der Waals surface area (Å²) in [4.78, 5) is 38.6. The van der Waals surface area contributed by atoms with Crippen LogP contribution in [0, 0.1) is 13.8 Å². The van der Waals surface area contributed by atoms with Crippen molar-refractivity contribution >= 4 is 17.8 Å². The topological polar surface area (TPSA) is 75.7 Å². The largest absolute Gasteiger partial charge is 0.451 e. The van der Waals surface area contributed by atoms with Gasteiger partial charge in [-0.1, -0.05) is 30.3 Å². The van der Waals surface area contributed by atoms with Crippen LogP contribution in [0.1, 0.15) is 39.5 Å². The van der Waals surface area contributed by atoms with Crippen LogP contribution in [0.3, 0.4) is 0 Å². The minimum Gasteiger partial charge on any atom is -0.451 e. The first-order chi connectivity index (χ1) is 13.8. The summed E-state index contributed by atoms with van der Waals surface area (Å²) < 4.78 is 5.24. The van der Waals surface area contributed by atoms with E-state index in [1.807, 2.05) is 38.1 Å². The molecule has 6 heteroatoms. The summed E-state index contributed by atoms with van der Waals surface area (Å²) in [5.74, 6) is -1.22. The maximum Gasteiger partial charge on any atom is 0.326 e. The van der Waals surface area contributed by atoms with E-state index < -0.39 is 12.1 Å². The fourth-order valence-corrected chi connectivity index (χ4v) is 3.37. The van der Waals surface area contributed by atoms with Gasteiger partial charge >= 0.3 is 5.97 Å². The molecule has 1 N–H and O–H groups in total. The number of carbonyl (C=O) groups is 3. The number of esters is 1. The van der Waals surface area contributed by atoms with Crippen molar-refractivity contribution in [3.05, 3.63) is 70.3 Å². The molecule has 0 bridgehead atoms. The summed E-state index contributed by atoms with van der Waals surface area (Å²) in [7, 11) is 0. The minimum absolute atomic E-state index is 0.228. The lowest BCUT2D eigenvalue weighted by molar-refractivity contribution is -0.158. The van der Waals surface area contributed by atoms with Crippen molar-refractivity contribution in [3.63, 3.8) is 0 Å². The third-order valence-electron chi connectivity index (χ3n) is 5.26. The predicted molar refractivity (Wildman–Crippen MR) is 109 cm³/mol. The third-order valence-corrected chi connectivity index (χ3v) is 5.26. The normalized spacial score (nSPS) is 14.0. The number of amides is 2. The minimum atomic E-state index is -0.897. The molecule has 0 spiro atoms. The van der Waals surface area contributed by atoms with Gasteiger partial charge in [-0.05, 0) is 61.6 Å². The Labute approximate surface area is 170 Å². The van der Waals surface area contributed by atoms with Crippen LogP contribution in [0.15, 0.2) is 42.5 Å². The Kier molecular flexibility index (Phi) is 6.32. The van der Waals surface area contributed by atoms with Crippen molar-refractivity contribution in [3.8, 4) is 0 Å². The molecule has 1 aliphatic heterocycles. The van der Waals surface area contributed by atoms with Gasteiger partial charge in [-0.15, -0.1) is 0 Å². The molecule has 0 aliphatic carbocycles. The molecule has 1 heterocycles. The van der Waals surface area contributed by atoms with E-state index in [4.69, 9.17) is 4.74 Å². The molecule has 1 unspecified atom stereocenters. The SMILES string of the molecule is Cc1ccc(C(=O)NCC(=O)OC(C)C(=O)N2CCc3ccccc3C2)cc1C. The third kappa shape index (κ3) is 5.02. The second-order valence-corrected chi connectivity index (χ2v) is 7.39. The number of rotatable bonds is 5. The molecule has 6 nitrogen and oxygen atoms in total. The number of benzene rings is 2. The molecule has 2 aromatic rings. The maximum atomic E-state index is 12.6. The number of carbonyl (C=O) groups excluding carboxylic acids is 3. The van der Waals surface area contributed by atoms with Crippen LogP contribution in [0.4, 0.5) is 0 Å². The van der Waals surface area contributed by atoms with E-state index in [0.29, 0.717) is 18.7 Å². The van der Waals surface area contributed by atoms with Crippen LogP contribution in [-0.2, 0) is 27.3 Å². The molecule has 3 rings (SSSR count). The fourth-order valence-electron chi connectivity index (χ4n) is 3.37. The Hall–Kier alpha value is -3.15. The van der Waals surface area contributed by atoms with Crippen LogP contribution >= 0.6 is 0 Å². The Morgan fingerprint density at radius 1 is 1.07 bits per heavy atom. The summed E-state index contributed by atoms with van der Waals surface area (Å²) in [6.07, 6.45) is -0.111. The fraction of sp³-hybridized carbons (Fsp3) is 0.348. The van der Waals surface area contributed by atoms with Gasteiger partial charge in [0.25, 0.3) is 11.8 Å². The first-order valence-corrected chi connectivity index (χ1v) is 9.75.